The third-order valence-electron chi connectivity index (χ3n) is 2.29. The highest BCUT2D eigenvalue weighted by molar-refractivity contribution is 5.99. The highest BCUT2D eigenvalue weighted by atomic mass is 16.3. The minimum absolute atomic E-state index is 0.242. The minimum atomic E-state index is -0.501. The Morgan fingerprint density at radius 2 is 1.86 bits per heavy atom. The molecule has 5 nitrogen and oxygen atoms in total. The van der Waals surface area contributed by atoms with Gasteiger partial charge in [0.1, 0.15) is 6.73 Å². The van der Waals surface area contributed by atoms with Crippen LogP contribution in [0.2, 0.25) is 0 Å². The summed E-state index contributed by atoms with van der Waals surface area (Å²) < 4.78 is 0. The van der Waals surface area contributed by atoms with Gasteiger partial charge in [0, 0.05) is 0 Å². The Kier molecular flexibility index (Phi) is 4.03. The van der Waals surface area contributed by atoms with Crippen LogP contribution in [0.4, 0.5) is 0 Å². The topological polar surface area (TPSA) is 60.9 Å². The number of carbonyl (C=O) groups excluding carboxylic acids is 2. The molecule has 5 heteroatoms. The fraction of sp³-hybridized carbons (Fsp3) is 0.778. The molecular weight excluding hydrogens is 184 g/mol. The van der Waals surface area contributed by atoms with Gasteiger partial charge in [-0.1, -0.05) is 13.3 Å². The third-order valence-corrected chi connectivity index (χ3v) is 2.29. The molecule has 1 aliphatic rings. The second kappa shape index (κ2) is 5.07. The predicted molar refractivity (Wildman–Crippen MR) is 50.3 cm³/mol. The molecule has 0 unspecified atom stereocenters. The number of unbranched alkanes of at least 4 members (excludes halogenated alkanes) is 1. The van der Waals surface area contributed by atoms with Crippen LogP contribution in [0, 0.1) is 0 Å². The average Bonchev–Trinajstić information content (AvgIpc) is 2.14. The van der Waals surface area contributed by atoms with Crippen molar-refractivity contribution < 1.29 is 14.7 Å². The molecular formula is C9H16N2O3. The number of amides is 2. The molecule has 0 aliphatic carbocycles. The van der Waals surface area contributed by atoms with Crippen molar-refractivity contribution >= 4 is 11.8 Å². The van der Waals surface area contributed by atoms with Gasteiger partial charge in [-0.25, -0.2) is 0 Å². The molecule has 0 radical (unpaired) electrons. The normalized spacial score (nSPS) is 19.1. The van der Waals surface area contributed by atoms with Crippen LogP contribution in [0.3, 0.4) is 0 Å². The molecule has 0 aromatic rings. The van der Waals surface area contributed by atoms with E-state index in [-0.39, 0.29) is 24.9 Å². The average molecular weight is 200 g/mol. The maximum atomic E-state index is 11.3. The van der Waals surface area contributed by atoms with Crippen molar-refractivity contribution in [3.05, 3.63) is 0 Å². The number of carbonyl (C=O) groups is 2. The van der Waals surface area contributed by atoms with Crippen molar-refractivity contribution in [3.8, 4) is 0 Å². The van der Waals surface area contributed by atoms with Crippen LogP contribution in [0.1, 0.15) is 19.8 Å². The van der Waals surface area contributed by atoms with Gasteiger partial charge in [-0.15, -0.1) is 0 Å². The maximum absolute atomic E-state index is 11.3. The molecule has 80 valence electrons. The molecule has 0 spiro atoms. The molecule has 0 bridgehead atoms. The van der Waals surface area contributed by atoms with E-state index >= 15 is 0 Å². The summed E-state index contributed by atoms with van der Waals surface area (Å²) in [5.41, 5.74) is 0. The Hall–Kier alpha value is -0.940. The van der Waals surface area contributed by atoms with Gasteiger partial charge in [0.25, 0.3) is 0 Å². The van der Waals surface area contributed by atoms with Gasteiger partial charge in [0.05, 0.1) is 13.1 Å². The summed E-state index contributed by atoms with van der Waals surface area (Å²) >= 11 is 0. The highest BCUT2D eigenvalue weighted by Gasteiger charge is 2.29. The molecule has 0 atom stereocenters. The largest absolute Gasteiger partial charge is 0.376 e. The van der Waals surface area contributed by atoms with Crippen LogP contribution >= 0.6 is 0 Å². The zero-order valence-corrected chi connectivity index (χ0v) is 8.40. The molecule has 1 saturated heterocycles. The molecule has 1 heterocycles. The van der Waals surface area contributed by atoms with E-state index in [1.165, 1.54) is 0 Å². The van der Waals surface area contributed by atoms with Crippen molar-refractivity contribution in [1.29, 1.82) is 0 Å². The molecule has 0 saturated carbocycles. The van der Waals surface area contributed by atoms with Gasteiger partial charge < -0.3 is 5.11 Å². The lowest BCUT2D eigenvalue weighted by Crippen LogP contribution is -2.54. The molecule has 1 rings (SSSR count). The van der Waals surface area contributed by atoms with E-state index in [2.05, 4.69) is 6.92 Å². The summed E-state index contributed by atoms with van der Waals surface area (Å²) in [4.78, 5) is 25.3. The maximum Gasteiger partial charge on any atom is 0.245 e. The number of piperazine rings is 1. The first-order chi connectivity index (χ1) is 6.69. The SMILES string of the molecule is CCCCN1CC(=O)N(CO)C(=O)C1. The molecule has 1 fully saturated rings. The summed E-state index contributed by atoms with van der Waals surface area (Å²) in [5, 5.41) is 8.76. The Morgan fingerprint density at radius 3 is 2.29 bits per heavy atom. The van der Waals surface area contributed by atoms with E-state index in [1.54, 1.807) is 0 Å². The molecule has 1 N–H and O–H groups in total. The van der Waals surface area contributed by atoms with Gasteiger partial charge >= 0.3 is 0 Å². The third kappa shape index (κ3) is 2.52. The van der Waals surface area contributed by atoms with Crippen molar-refractivity contribution in [1.82, 2.24) is 9.80 Å². The van der Waals surface area contributed by atoms with Gasteiger partial charge in [0.15, 0.2) is 0 Å². The van der Waals surface area contributed by atoms with Crippen LogP contribution in [-0.2, 0) is 9.59 Å². The zero-order valence-electron chi connectivity index (χ0n) is 8.40. The van der Waals surface area contributed by atoms with Crippen LogP contribution < -0.4 is 0 Å². The van der Waals surface area contributed by atoms with E-state index in [1.807, 2.05) is 4.90 Å². The van der Waals surface area contributed by atoms with E-state index in [0.717, 1.165) is 24.3 Å². The molecule has 1 aliphatic heterocycles. The molecule has 0 aromatic carbocycles. The summed E-state index contributed by atoms with van der Waals surface area (Å²) in [6.45, 7) is 2.82. The van der Waals surface area contributed by atoms with Gasteiger partial charge in [-0.2, -0.15) is 0 Å². The van der Waals surface area contributed by atoms with Gasteiger partial charge in [0.2, 0.25) is 11.8 Å². The van der Waals surface area contributed by atoms with E-state index in [0.29, 0.717) is 0 Å². The second-order valence-corrected chi connectivity index (χ2v) is 3.42. The van der Waals surface area contributed by atoms with E-state index < -0.39 is 6.73 Å². The first-order valence-corrected chi connectivity index (χ1v) is 4.85. The van der Waals surface area contributed by atoms with Crippen molar-refractivity contribution in [2.75, 3.05) is 26.4 Å². The van der Waals surface area contributed by atoms with E-state index in [9.17, 15) is 9.59 Å². The van der Waals surface area contributed by atoms with Gasteiger partial charge in [-0.05, 0) is 13.0 Å². The summed E-state index contributed by atoms with van der Waals surface area (Å²) in [5.74, 6) is -0.611. The Bertz CT molecular complexity index is 212. The predicted octanol–water partition coefficient (Wildman–Crippen LogP) is -0.593. The van der Waals surface area contributed by atoms with Crippen LogP contribution in [0.5, 0.6) is 0 Å². The van der Waals surface area contributed by atoms with Crippen LogP contribution in [-0.4, -0.2) is 53.1 Å². The minimum Gasteiger partial charge on any atom is -0.376 e. The Labute approximate surface area is 83.3 Å². The highest BCUT2D eigenvalue weighted by Crippen LogP contribution is 2.05. The van der Waals surface area contributed by atoms with Crippen molar-refractivity contribution in [2.24, 2.45) is 0 Å². The fourth-order valence-electron chi connectivity index (χ4n) is 1.45. The second-order valence-electron chi connectivity index (χ2n) is 3.42. The molecule has 14 heavy (non-hydrogen) atoms. The number of imide groups is 1. The molecule has 2 amide bonds. The number of hydrogen-bond donors (Lipinski definition) is 1. The summed E-state index contributed by atoms with van der Waals surface area (Å²) in [7, 11) is 0. The smallest absolute Gasteiger partial charge is 0.245 e. The van der Waals surface area contributed by atoms with Crippen molar-refractivity contribution in [2.45, 2.75) is 19.8 Å². The molecule has 0 aromatic heterocycles. The first-order valence-electron chi connectivity index (χ1n) is 4.85. The number of hydrogen-bond acceptors (Lipinski definition) is 4. The lowest BCUT2D eigenvalue weighted by molar-refractivity contribution is -0.155. The lowest BCUT2D eigenvalue weighted by Gasteiger charge is -2.31. The number of nitrogens with zero attached hydrogens (tertiary/aromatic N) is 2. The van der Waals surface area contributed by atoms with E-state index in [4.69, 9.17) is 5.11 Å². The van der Waals surface area contributed by atoms with Crippen LogP contribution in [0.15, 0.2) is 0 Å². The summed E-state index contributed by atoms with van der Waals surface area (Å²) in [6, 6.07) is 0. The number of aliphatic hydroxyl groups excluding tert-OH is 1. The van der Waals surface area contributed by atoms with Crippen molar-refractivity contribution in [3.63, 3.8) is 0 Å². The Balaban J connectivity index is 2.48. The Morgan fingerprint density at radius 1 is 1.29 bits per heavy atom. The monoisotopic (exact) mass is 200 g/mol. The standard InChI is InChI=1S/C9H16N2O3/c1-2-3-4-10-5-8(13)11(7-12)9(14)6-10/h12H,2-7H2,1H3. The number of rotatable bonds is 4. The van der Waals surface area contributed by atoms with Gasteiger partial charge in [-0.3, -0.25) is 19.4 Å². The number of aliphatic hydroxyl groups is 1. The quantitative estimate of drug-likeness (QED) is 0.616. The first kappa shape index (κ1) is 11.1. The zero-order chi connectivity index (χ0) is 10.6. The fourth-order valence-corrected chi connectivity index (χ4v) is 1.45. The lowest BCUT2D eigenvalue weighted by atomic mass is 10.2. The van der Waals surface area contributed by atoms with Crippen LogP contribution in [0.25, 0.3) is 0 Å². The summed E-state index contributed by atoms with van der Waals surface area (Å²) in [6.07, 6.45) is 2.03.